The lowest BCUT2D eigenvalue weighted by molar-refractivity contribution is -0.117. The van der Waals surface area contributed by atoms with Crippen LogP contribution in [-0.4, -0.2) is 48.3 Å². The molecule has 1 aliphatic rings. The Hall–Kier alpha value is -3.56. The van der Waals surface area contributed by atoms with Crippen LogP contribution in [0.4, 0.5) is 11.6 Å². The van der Waals surface area contributed by atoms with Crippen molar-refractivity contribution in [1.29, 1.82) is 0 Å². The molecule has 1 aliphatic heterocycles. The van der Waals surface area contributed by atoms with Crippen molar-refractivity contribution < 1.29 is 9.63 Å². The third kappa shape index (κ3) is 4.32. The maximum atomic E-state index is 12.7. The summed E-state index contributed by atoms with van der Waals surface area (Å²) in [6.45, 7) is 8.24. The third-order valence-electron chi connectivity index (χ3n) is 6.08. The van der Waals surface area contributed by atoms with Crippen LogP contribution in [-0.2, 0) is 18.4 Å². The molecule has 1 fully saturated rings. The topological polar surface area (TPSA) is 90.1 Å². The first-order valence-electron chi connectivity index (χ1n) is 11.6. The fraction of sp³-hybridized carbons (Fsp3) is 0.360. The summed E-state index contributed by atoms with van der Waals surface area (Å²) in [5.74, 6) is 1.19. The van der Waals surface area contributed by atoms with Gasteiger partial charge in [-0.15, -0.1) is 0 Å². The van der Waals surface area contributed by atoms with Gasteiger partial charge in [0.05, 0.1) is 18.8 Å². The molecular formula is C25H29N7O2. The lowest BCUT2D eigenvalue weighted by Gasteiger charge is -2.12. The normalized spacial score (nSPS) is 14.4. The SMILES string of the molecule is Cc1nn(-c2ccnc(Nc3ccc4c(c3)c(C(=O)C(C)C)cn4C)n2)cc1CN1CCCO1. The van der Waals surface area contributed by atoms with Gasteiger partial charge in [0, 0.05) is 71.9 Å². The number of rotatable bonds is 7. The van der Waals surface area contributed by atoms with Crippen LogP contribution in [0, 0.1) is 12.8 Å². The molecule has 9 heteroatoms. The Labute approximate surface area is 198 Å². The van der Waals surface area contributed by atoms with E-state index in [4.69, 9.17) is 4.84 Å². The zero-order chi connectivity index (χ0) is 23.8. The molecule has 1 saturated heterocycles. The number of fused-ring (bicyclic) bond motifs is 1. The molecule has 176 valence electrons. The highest BCUT2D eigenvalue weighted by Gasteiger charge is 2.18. The van der Waals surface area contributed by atoms with Crippen molar-refractivity contribution in [2.75, 3.05) is 18.5 Å². The molecule has 0 amide bonds. The maximum absolute atomic E-state index is 12.7. The number of hydrogen-bond donors (Lipinski definition) is 1. The van der Waals surface area contributed by atoms with Gasteiger partial charge in [-0.1, -0.05) is 13.8 Å². The summed E-state index contributed by atoms with van der Waals surface area (Å²) in [5.41, 5.74) is 4.60. The average Bonchev–Trinajstić information content (AvgIpc) is 3.54. The van der Waals surface area contributed by atoms with Crippen LogP contribution in [0.5, 0.6) is 0 Å². The molecule has 0 aliphatic carbocycles. The van der Waals surface area contributed by atoms with E-state index in [0.29, 0.717) is 18.3 Å². The summed E-state index contributed by atoms with van der Waals surface area (Å²) < 4.78 is 3.75. The minimum atomic E-state index is -0.0679. The van der Waals surface area contributed by atoms with Gasteiger partial charge in [-0.25, -0.2) is 9.67 Å². The van der Waals surface area contributed by atoms with E-state index < -0.39 is 0 Å². The Morgan fingerprint density at radius 3 is 2.85 bits per heavy atom. The highest BCUT2D eigenvalue weighted by Crippen LogP contribution is 2.27. The second-order valence-electron chi connectivity index (χ2n) is 9.00. The Kier molecular flexibility index (Phi) is 5.89. The van der Waals surface area contributed by atoms with Gasteiger partial charge in [0.15, 0.2) is 11.6 Å². The van der Waals surface area contributed by atoms with Crippen LogP contribution in [0.15, 0.2) is 42.9 Å². The molecule has 1 aromatic carbocycles. The zero-order valence-electron chi connectivity index (χ0n) is 19.9. The molecule has 0 spiro atoms. The van der Waals surface area contributed by atoms with Crippen molar-refractivity contribution in [3.8, 4) is 5.82 Å². The summed E-state index contributed by atoms with van der Waals surface area (Å²) >= 11 is 0. The van der Waals surface area contributed by atoms with E-state index in [0.717, 1.165) is 53.0 Å². The molecule has 0 bridgehead atoms. The van der Waals surface area contributed by atoms with Crippen molar-refractivity contribution in [2.24, 2.45) is 13.0 Å². The number of aromatic nitrogens is 5. The first-order chi connectivity index (χ1) is 16.4. The van der Waals surface area contributed by atoms with E-state index in [1.54, 1.807) is 10.9 Å². The lowest BCUT2D eigenvalue weighted by atomic mass is 10.0. The number of carbonyl (C=O) groups is 1. The smallest absolute Gasteiger partial charge is 0.229 e. The minimum Gasteiger partial charge on any atom is -0.350 e. The number of Topliss-reactive ketones (excluding diaryl/α,β-unsaturated/α-hetero) is 1. The van der Waals surface area contributed by atoms with E-state index in [-0.39, 0.29) is 11.7 Å². The van der Waals surface area contributed by atoms with E-state index >= 15 is 0 Å². The Morgan fingerprint density at radius 2 is 2.09 bits per heavy atom. The monoisotopic (exact) mass is 459 g/mol. The summed E-state index contributed by atoms with van der Waals surface area (Å²) in [5, 5.41) is 10.8. The number of anilines is 2. The first kappa shape index (κ1) is 22.2. The van der Waals surface area contributed by atoms with Crippen LogP contribution in [0.2, 0.25) is 0 Å². The standard InChI is InChI=1S/C25H29N7O2/c1-16(2)24(33)21-15-30(4)22-7-6-19(12-20(21)22)27-25-26-9-8-23(28-25)32-14-18(17(3)29-32)13-31-10-5-11-34-31/h6-9,12,14-16H,5,10-11,13H2,1-4H3,(H,26,27,28). The number of carbonyl (C=O) groups excluding carboxylic acids is 1. The molecule has 0 atom stereocenters. The Balaban J connectivity index is 1.40. The van der Waals surface area contributed by atoms with Gasteiger partial charge < -0.3 is 9.88 Å². The molecule has 34 heavy (non-hydrogen) atoms. The average molecular weight is 460 g/mol. The van der Waals surface area contributed by atoms with Gasteiger partial charge >= 0.3 is 0 Å². The molecule has 0 saturated carbocycles. The lowest BCUT2D eigenvalue weighted by Crippen LogP contribution is -2.17. The fourth-order valence-electron chi connectivity index (χ4n) is 4.23. The number of nitrogens with zero attached hydrogens (tertiary/aromatic N) is 6. The predicted molar refractivity (Wildman–Crippen MR) is 130 cm³/mol. The predicted octanol–water partition coefficient (Wildman–Crippen LogP) is 4.18. The molecular weight excluding hydrogens is 430 g/mol. The number of aryl methyl sites for hydroxylation is 2. The second kappa shape index (κ2) is 9.00. The van der Waals surface area contributed by atoms with Gasteiger partial charge in [-0.2, -0.15) is 15.1 Å². The molecule has 0 unspecified atom stereocenters. The highest BCUT2D eigenvalue weighted by molar-refractivity contribution is 6.09. The van der Waals surface area contributed by atoms with Crippen LogP contribution in [0.25, 0.3) is 16.7 Å². The molecule has 0 radical (unpaired) electrons. The van der Waals surface area contributed by atoms with Gasteiger partial charge in [0.1, 0.15) is 0 Å². The number of ketones is 1. The van der Waals surface area contributed by atoms with Gasteiger partial charge in [-0.3, -0.25) is 9.63 Å². The zero-order valence-corrected chi connectivity index (χ0v) is 19.9. The molecule has 3 aromatic heterocycles. The molecule has 5 rings (SSSR count). The minimum absolute atomic E-state index is 0.0679. The summed E-state index contributed by atoms with van der Waals surface area (Å²) in [6, 6.07) is 7.77. The van der Waals surface area contributed by atoms with Crippen LogP contribution in [0.3, 0.4) is 0 Å². The number of hydrogen-bond acceptors (Lipinski definition) is 7. The first-order valence-corrected chi connectivity index (χ1v) is 11.6. The Morgan fingerprint density at radius 1 is 1.24 bits per heavy atom. The molecule has 9 nitrogen and oxygen atoms in total. The summed E-state index contributed by atoms with van der Waals surface area (Å²) in [4.78, 5) is 27.4. The van der Waals surface area contributed by atoms with Crippen molar-refractivity contribution in [2.45, 2.75) is 33.7 Å². The summed E-state index contributed by atoms with van der Waals surface area (Å²) in [7, 11) is 1.95. The van der Waals surface area contributed by atoms with Crippen molar-refractivity contribution >= 4 is 28.3 Å². The fourth-order valence-corrected chi connectivity index (χ4v) is 4.23. The van der Waals surface area contributed by atoms with Gasteiger partial charge in [-0.05, 0) is 31.5 Å². The van der Waals surface area contributed by atoms with Gasteiger partial charge in [0.25, 0.3) is 0 Å². The van der Waals surface area contributed by atoms with Crippen LogP contribution < -0.4 is 5.32 Å². The van der Waals surface area contributed by atoms with E-state index in [9.17, 15) is 4.79 Å². The largest absolute Gasteiger partial charge is 0.350 e. The van der Waals surface area contributed by atoms with E-state index in [2.05, 4.69) is 20.4 Å². The Bertz CT molecular complexity index is 1350. The van der Waals surface area contributed by atoms with E-state index in [1.165, 1.54) is 0 Å². The highest BCUT2D eigenvalue weighted by atomic mass is 16.7. The number of hydroxylamine groups is 2. The van der Waals surface area contributed by atoms with Crippen LogP contribution >= 0.6 is 0 Å². The van der Waals surface area contributed by atoms with Crippen molar-refractivity contribution in [1.82, 2.24) is 29.4 Å². The third-order valence-corrected chi connectivity index (χ3v) is 6.08. The quantitative estimate of drug-likeness (QED) is 0.415. The summed E-state index contributed by atoms with van der Waals surface area (Å²) in [6.07, 6.45) is 6.65. The van der Waals surface area contributed by atoms with Gasteiger partial charge in [0.2, 0.25) is 5.95 Å². The van der Waals surface area contributed by atoms with Crippen molar-refractivity contribution in [3.05, 3.63) is 59.7 Å². The maximum Gasteiger partial charge on any atom is 0.229 e. The molecule has 4 heterocycles. The second-order valence-corrected chi connectivity index (χ2v) is 9.00. The molecule has 4 aromatic rings. The van der Waals surface area contributed by atoms with E-state index in [1.807, 2.05) is 74.1 Å². The van der Waals surface area contributed by atoms with Crippen LogP contribution in [0.1, 0.15) is 41.9 Å². The number of nitrogens with one attached hydrogen (secondary N) is 1. The molecule has 1 N–H and O–H groups in total. The van der Waals surface area contributed by atoms with Crippen molar-refractivity contribution in [3.63, 3.8) is 0 Å². The number of benzene rings is 1.